The Bertz CT molecular complexity index is 851. The summed E-state index contributed by atoms with van der Waals surface area (Å²) in [6.07, 6.45) is 5.17. The summed E-state index contributed by atoms with van der Waals surface area (Å²) in [5.41, 5.74) is 3.18. The molecule has 1 atom stereocenters. The maximum Gasteiger partial charge on any atom is 0.316 e. The van der Waals surface area contributed by atoms with Crippen LogP contribution in [0.5, 0.6) is 11.5 Å². The van der Waals surface area contributed by atoms with Gasteiger partial charge >= 0.3 is 5.97 Å². The first-order valence-corrected chi connectivity index (χ1v) is 10.0. The lowest BCUT2D eigenvalue weighted by Gasteiger charge is -2.36. The van der Waals surface area contributed by atoms with Crippen LogP contribution in [0, 0.1) is 5.41 Å². The molecule has 5 rings (SSSR count). The molecule has 1 aromatic rings. The van der Waals surface area contributed by atoms with Crippen molar-refractivity contribution in [1.29, 1.82) is 0 Å². The molecule has 0 radical (unpaired) electrons. The van der Waals surface area contributed by atoms with Gasteiger partial charge in [0.05, 0.1) is 11.0 Å². The van der Waals surface area contributed by atoms with E-state index in [1.807, 2.05) is 20.8 Å². The summed E-state index contributed by atoms with van der Waals surface area (Å²) in [6, 6.07) is 4.24. The highest BCUT2D eigenvalue weighted by Gasteiger charge is 2.51. The first kappa shape index (κ1) is 17.1. The number of carbonyl (C=O) groups excluding carboxylic acids is 1. The molecule has 1 aliphatic carbocycles. The van der Waals surface area contributed by atoms with E-state index < -0.39 is 5.41 Å². The maximum atomic E-state index is 12.7. The Morgan fingerprint density at radius 2 is 1.89 bits per heavy atom. The Balaban J connectivity index is 1.67. The third-order valence-corrected chi connectivity index (χ3v) is 6.48. The standard InChI is InChI=1S/C22H27NO4/c1-21(2,3)20(24)27-16-5-8-22-7-4-9-23(22)10-6-14-11-17-18(26-13-25-17)12-15(14)19(16)22/h11-12H,4-10,13H2,1-3H3/t22-/m0/s1. The number of esters is 1. The zero-order chi connectivity index (χ0) is 18.8. The lowest BCUT2D eigenvalue weighted by molar-refractivity contribution is -0.148. The molecule has 3 aliphatic heterocycles. The van der Waals surface area contributed by atoms with Crippen LogP contribution >= 0.6 is 0 Å². The average molecular weight is 369 g/mol. The van der Waals surface area contributed by atoms with Crippen LogP contribution in [0.4, 0.5) is 0 Å². The van der Waals surface area contributed by atoms with Gasteiger partial charge in [-0.2, -0.15) is 0 Å². The summed E-state index contributed by atoms with van der Waals surface area (Å²) < 4.78 is 17.3. The molecule has 1 aromatic carbocycles. The summed E-state index contributed by atoms with van der Waals surface area (Å²) in [4.78, 5) is 15.3. The molecular weight excluding hydrogens is 342 g/mol. The molecule has 0 N–H and O–H groups in total. The number of rotatable bonds is 1. The first-order valence-electron chi connectivity index (χ1n) is 10.0. The van der Waals surface area contributed by atoms with E-state index in [1.54, 1.807) is 0 Å². The van der Waals surface area contributed by atoms with E-state index in [9.17, 15) is 4.79 Å². The van der Waals surface area contributed by atoms with Crippen molar-refractivity contribution in [2.75, 3.05) is 19.9 Å². The van der Waals surface area contributed by atoms with Gasteiger partial charge in [0.1, 0.15) is 5.76 Å². The Kier molecular flexibility index (Phi) is 3.64. The van der Waals surface area contributed by atoms with E-state index in [0.717, 1.165) is 56.0 Å². The SMILES string of the molecule is CC(C)(C)C(=O)OC1=C2c3cc4c(cc3CCN3CCC[C@]23CC1)OCO4. The molecule has 4 aliphatic rings. The summed E-state index contributed by atoms with van der Waals surface area (Å²) in [6.45, 7) is 8.16. The molecule has 5 heteroatoms. The van der Waals surface area contributed by atoms with Gasteiger partial charge in [-0.05, 0) is 76.3 Å². The van der Waals surface area contributed by atoms with E-state index in [-0.39, 0.29) is 18.3 Å². The Labute approximate surface area is 160 Å². The average Bonchev–Trinajstić information content (AvgIpc) is 3.30. The van der Waals surface area contributed by atoms with Crippen molar-refractivity contribution in [2.45, 2.75) is 58.4 Å². The molecule has 1 spiro atoms. The van der Waals surface area contributed by atoms with Gasteiger partial charge in [0.15, 0.2) is 11.5 Å². The Morgan fingerprint density at radius 3 is 2.67 bits per heavy atom. The Morgan fingerprint density at radius 1 is 1.11 bits per heavy atom. The van der Waals surface area contributed by atoms with Crippen LogP contribution in [0.15, 0.2) is 17.9 Å². The minimum absolute atomic E-state index is 0.00639. The highest BCUT2D eigenvalue weighted by atomic mass is 16.7. The highest BCUT2D eigenvalue weighted by Crippen LogP contribution is 2.55. The van der Waals surface area contributed by atoms with Gasteiger partial charge < -0.3 is 14.2 Å². The lowest BCUT2D eigenvalue weighted by Crippen LogP contribution is -2.42. The molecule has 144 valence electrons. The van der Waals surface area contributed by atoms with Crippen molar-refractivity contribution >= 4 is 11.5 Å². The third-order valence-electron chi connectivity index (χ3n) is 6.48. The minimum Gasteiger partial charge on any atom is -0.454 e. The van der Waals surface area contributed by atoms with Crippen LogP contribution in [0.1, 0.15) is 57.6 Å². The summed E-state index contributed by atoms with van der Waals surface area (Å²) in [5.74, 6) is 2.34. The summed E-state index contributed by atoms with van der Waals surface area (Å²) in [7, 11) is 0. The monoisotopic (exact) mass is 369 g/mol. The van der Waals surface area contributed by atoms with Crippen LogP contribution in [0.3, 0.4) is 0 Å². The van der Waals surface area contributed by atoms with Gasteiger partial charge in [0.2, 0.25) is 6.79 Å². The van der Waals surface area contributed by atoms with E-state index in [4.69, 9.17) is 14.2 Å². The number of ether oxygens (including phenoxy) is 3. The summed E-state index contributed by atoms with van der Waals surface area (Å²) >= 11 is 0. The molecule has 3 heterocycles. The minimum atomic E-state index is -0.513. The van der Waals surface area contributed by atoms with Crippen molar-refractivity contribution in [1.82, 2.24) is 4.90 Å². The largest absolute Gasteiger partial charge is 0.454 e. The quantitative estimate of drug-likeness (QED) is 0.703. The molecule has 0 amide bonds. The van der Waals surface area contributed by atoms with Gasteiger partial charge in [0.25, 0.3) is 0 Å². The second-order valence-electron chi connectivity index (χ2n) is 9.17. The second-order valence-corrected chi connectivity index (χ2v) is 9.17. The number of carbonyl (C=O) groups is 1. The fourth-order valence-corrected chi connectivity index (χ4v) is 5.10. The van der Waals surface area contributed by atoms with Gasteiger partial charge in [0, 0.05) is 18.5 Å². The van der Waals surface area contributed by atoms with Gasteiger partial charge in [-0.3, -0.25) is 9.69 Å². The highest BCUT2D eigenvalue weighted by molar-refractivity contribution is 5.85. The predicted octanol–water partition coefficient (Wildman–Crippen LogP) is 3.90. The van der Waals surface area contributed by atoms with Crippen LogP contribution in [-0.4, -0.2) is 36.3 Å². The van der Waals surface area contributed by atoms with Crippen molar-refractivity contribution in [3.63, 3.8) is 0 Å². The van der Waals surface area contributed by atoms with Gasteiger partial charge in [-0.1, -0.05) is 0 Å². The molecule has 0 saturated carbocycles. The molecule has 0 bridgehead atoms. The number of hydrogen-bond acceptors (Lipinski definition) is 5. The van der Waals surface area contributed by atoms with Crippen molar-refractivity contribution in [2.24, 2.45) is 5.41 Å². The van der Waals surface area contributed by atoms with Crippen LogP contribution < -0.4 is 9.47 Å². The number of fused-ring (bicyclic) bond motifs is 3. The van der Waals surface area contributed by atoms with Gasteiger partial charge in [-0.15, -0.1) is 0 Å². The molecule has 5 nitrogen and oxygen atoms in total. The van der Waals surface area contributed by atoms with E-state index in [0.29, 0.717) is 0 Å². The fraction of sp³-hybridized carbons (Fsp3) is 0.591. The molecule has 27 heavy (non-hydrogen) atoms. The van der Waals surface area contributed by atoms with E-state index in [1.165, 1.54) is 23.1 Å². The third kappa shape index (κ3) is 2.51. The Hall–Kier alpha value is -2.01. The second kappa shape index (κ2) is 5.74. The molecular formula is C22H27NO4. The number of nitrogens with zero attached hydrogens (tertiary/aromatic N) is 1. The number of hydrogen-bond donors (Lipinski definition) is 0. The number of benzene rings is 1. The predicted molar refractivity (Wildman–Crippen MR) is 102 cm³/mol. The fourth-order valence-electron chi connectivity index (χ4n) is 5.10. The lowest BCUT2D eigenvalue weighted by atomic mass is 9.83. The zero-order valence-electron chi connectivity index (χ0n) is 16.4. The molecule has 1 saturated heterocycles. The summed E-state index contributed by atoms with van der Waals surface area (Å²) in [5, 5.41) is 0. The van der Waals surface area contributed by atoms with Crippen LogP contribution in [-0.2, 0) is 16.0 Å². The van der Waals surface area contributed by atoms with Gasteiger partial charge in [-0.25, -0.2) is 0 Å². The van der Waals surface area contributed by atoms with Crippen LogP contribution in [0.2, 0.25) is 0 Å². The van der Waals surface area contributed by atoms with E-state index in [2.05, 4.69) is 17.0 Å². The maximum absolute atomic E-state index is 12.7. The van der Waals surface area contributed by atoms with Crippen LogP contribution in [0.25, 0.3) is 5.57 Å². The molecule has 1 fully saturated rings. The number of allylic oxidation sites excluding steroid dienone is 1. The van der Waals surface area contributed by atoms with Crippen molar-refractivity contribution in [3.8, 4) is 11.5 Å². The normalized spacial score (nSPS) is 26.5. The topological polar surface area (TPSA) is 48.0 Å². The van der Waals surface area contributed by atoms with E-state index >= 15 is 0 Å². The first-order chi connectivity index (χ1) is 12.9. The smallest absolute Gasteiger partial charge is 0.316 e. The van der Waals surface area contributed by atoms with Crippen molar-refractivity contribution < 1.29 is 19.0 Å². The molecule has 0 aromatic heterocycles. The van der Waals surface area contributed by atoms with Crippen molar-refractivity contribution in [3.05, 3.63) is 29.0 Å². The molecule has 0 unspecified atom stereocenters. The zero-order valence-corrected chi connectivity index (χ0v) is 16.4.